The highest BCUT2D eigenvalue weighted by Gasteiger charge is 2.30. The Kier molecular flexibility index (Phi) is 1.68. The van der Waals surface area contributed by atoms with Crippen LogP contribution in [0.4, 0.5) is 0 Å². The minimum atomic E-state index is -0.475. The maximum Gasteiger partial charge on any atom is 0.307 e. The van der Waals surface area contributed by atoms with Gasteiger partial charge in [-0.1, -0.05) is 0 Å². The highest BCUT2D eigenvalue weighted by molar-refractivity contribution is 5.72. The summed E-state index contributed by atoms with van der Waals surface area (Å²) in [5.41, 5.74) is 5.37. The second-order valence-corrected chi connectivity index (χ2v) is 2.08. The van der Waals surface area contributed by atoms with Gasteiger partial charge in [-0.15, -0.1) is 0 Å². The first-order chi connectivity index (χ1) is 4.24. The van der Waals surface area contributed by atoms with Crippen molar-refractivity contribution < 1.29 is 14.6 Å². The average Bonchev–Trinajstić information content (AvgIpc) is 2.10. The predicted molar refractivity (Wildman–Crippen MR) is 29.6 cm³/mol. The van der Waals surface area contributed by atoms with Crippen molar-refractivity contribution in [2.24, 2.45) is 5.73 Å². The quantitative estimate of drug-likeness (QED) is 0.430. The number of aliphatic hydroxyl groups is 1. The molecule has 4 nitrogen and oxygen atoms in total. The average molecular weight is 131 g/mol. The molecule has 0 saturated carbocycles. The smallest absolute Gasteiger partial charge is 0.307 e. The molecule has 1 aliphatic heterocycles. The van der Waals surface area contributed by atoms with Crippen LogP contribution in [0.5, 0.6) is 0 Å². The molecule has 0 amide bonds. The molecule has 0 radical (unpaired) electrons. The van der Waals surface area contributed by atoms with Gasteiger partial charge in [-0.05, 0) is 0 Å². The van der Waals surface area contributed by atoms with Crippen LogP contribution < -0.4 is 5.73 Å². The number of cyclic esters (lactones) is 1. The topological polar surface area (TPSA) is 72.6 Å². The van der Waals surface area contributed by atoms with Crippen molar-refractivity contribution >= 4 is 5.97 Å². The van der Waals surface area contributed by atoms with Crippen LogP contribution >= 0.6 is 0 Å². The summed E-state index contributed by atoms with van der Waals surface area (Å²) in [6.07, 6.45) is -0.247. The van der Waals surface area contributed by atoms with Gasteiger partial charge >= 0.3 is 5.97 Å². The first-order valence-corrected chi connectivity index (χ1v) is 2.80. The molecule has 9 heavy (non-hydrogen) atoms. The van der Waals surface area contributed by atoms with Gasteiger partial charge in [0.05, 0.1) is 19.1 Å². The molecule has 1 saturated heterocycles. The molecule has 0 bridgehead atoms. The van der Waals surface area contributed by atoms with Crippen LogP contribution in [0.15, 0.2) is 0 Å². The van der Waals surface area contributed by atoms with Gasteiger partial charge in [0.2, 0.25) is 0 Å². The number of nitrogens with two attached hydrogens (primary N) is 1. The first-order valence-electron chi connectivity index (χ1n) is 2.80. The van der Waals surface area contributed by atoms with Gasteiger partial charge in [0.15, 0.2) is 0 Å². The van der Waals surface area contributed by atoms with E-state index in [0.29, 0.717) is 0 Å². The Labute approximate surface area is 52.6 Å². The number of carbonyl (C=O) groups is 1. The van der Waals surface area contributed by atoms with E-state index in [2.05, 4.69) is 4.74 Å². The molecule has 1 fully saturated rings. The van der Waals surface area contributed by atoms with E-state index in [0.717, 1.165) is 0 Å². The van der Waals surface area contributed by atoms with Crippen molar-refractivity contribution in [2.75, 3.05) is 6.61 Å². The predicted octanol–water partition coefficient (Wildman–Crippen LogP) is -1.38. The van der Waals surface area contributed by atoms with Gasteiger partial charge in [-0.2, -0.15) is 0 Å². The van der Waals surface area contributed by atoms with Crippen molar-refractivity contribution in [1.29, 1.82) is 0 Å². The summed E-state index contributed by atoms with van der Waals surface area (Å²) < 4.78 is 4.61. The monoisotopic (exact) mass is 131 g/mol. The van der Waals surface area contributed by atoms with E-state index >= 15 is 0 Å². The number of hydrogen-bond acceptors (Lipinski definition) is 4. The van der Waals surface area contributed by atoms with Crippen LogP contribution in [0.3, 0.4) is 0 Å². The summed E-state index contributed by atoms with van der Waals surface area (Å²) in [7, 11) is 0. The fraction of sp³-hybridized carbons (Fsp3) is 0.800. The van der Waals surface area contributed by atoms with E-state index in [4.69, 9.17) is 10.8 Å². The molecule has 0 aromatic carbocycles. The lowest BCUT2D eigenvalue weighted by atomic mass is 10.2. The van der Waals surface area contributed by atoms with Crippen molar-refractivity contribution in [3.63, 3.8) is 0 Å². The standard InChI is InChI=1S/C5H9NO3/c6-3-1-5(8)9-4(3)2-7/h3-4,7H,1-2,6H2/t3-,4-/m0/s1. The Morgan fingerprint density at radius 1 is 1.89 bits per heavy atom. The summed E-state index contributed by atoms with van der Waals surface area (Å²) in [5.74, 6) is -0.318. The molecule has 1 aliphatic rings. The lowest BCUT2D eigenvalue weighted by molar-refractivity contribution is -0.142. The molecule has 2 atom stereocenters. The van der Waals surface area contributed by atoms with Gasteiger partial charge in [0, 0.05) is 0 Å². The van der Waals surface area contributed by atoms with Gasteiger partial charge < -0.3 is 15.6 Å². The Balaban J connectivity index is 2.47. The molecule has 1 heterocycles. The molecule has 0 aromatic rings. The zero-order valence-corrected chi connectivity index (χ0v) is 4.91. The first kappa shape index (κ1) is 6.51. The third-order valence-electron chi connectivity index (χ3n) is 1.34. The summed E-state index contributed by atoms with van der Waals surface area (Å²) in [6, 6.07) is -0.317. The van der Waals surface area contributed by atoms with E-state index < -0.39 is 6.10 Å². The summed E-state index contributed by atoms with van der Waals surface area (Å²) in [4.78, 5) is 10.4. The third-order valence-corrected chi connectivity index (χ3v) is 1.34. The van der Waals surface area contributed by atoms with Crippen molar-refractivity contribution in [1.82, 2.24) is 0 Å². The number of esters is 1. The molecule has 0 unspecified atom stereocenters. The lowest BCUT2D eigenvalue weighted by Crippen LogP contribution is -2.32. The SMILES string of the molecule is N[C@H]1CC(=O)O[C@H]1CO. The minimum absolute atomic E-state index is 0.174. The van der Waals surface area contributed by atoms with Crippen LogP contribution in [0.1, 0.15) is 6.42 Å². The number of aliphatic hydroxyl groups excluding tert-OH is 1. The van der Waals surface area contributed by atoms with Crippen LogP contribution in [0.2, 0.25) is 0 Å². The van der Waals surface area contributed by atoms with Crippen LogP contribution in [0.25, 0.3) is 0 Å². The number of rotatable bonds is 1. The molecule has 0 aromatic heterocycles. The summed E-state index contributed by atoms with van der Waals surface area (Å²) >= 11 is 0. The van der Waals surface area contributed by atoms with Crippen LogP contribution in [-0.4, -0.2) is 29.8 Å². The van der Waals surface area contributed by atoms with E-state index in [1.807, 2.05) is 0 Å². The van der Waals surface area contributed by atoms with Gasteiger partial charge in [-0.3, -0.25) is 4.79 Å². The third kappa shape index (κ3) is 1.20. The van der Waals surface area contributed by atoms with Gasteiger partial charge in [-0.25, -0.2) is 0 Å². The maximum atomic E-state index is 10.4. The largest absolute Gasteiger partial charge is 0.458 e. The maximum absolute atomic E-state index is 10.4. The molecule has 4 heteroatoms. The fourth-order valence-electron chi connectivity index (χ4n) is 0.801. The molecule has 0 spiro atoms. The van der Waals surface area contributed by atoms with Crippen LogP contribution in [-0.2, 0) is 9.53 Å². The second kappa shape index (κ2) is 2.33. The van der Waals surface area contributed by atoms with Crippen molar-refractivity contribution in [2.45, 2.75) is 18.6 Å². The Hall–Kier alpha value is -0.610. The van der Waals surface area contributed by atoms with E-state index in [9.17, 15) is 4.79 Å². The van der Waals surface area contributed by atoms with Gasteiger partial charge in [0.25, 0.3) is 0 Å². The number of carbonyl (C=O) groups excluding carboxylic acids is 1. The highest BCUT2D eigenvalue weighted by Crippen LogP contribution is 2.11. The molecule has 0 aliphatic carbocycles. The van der Waals surface area contributed by atoms with Crippen molar-refractivity contribution in [3.05, 3.63) is 0 Å². The Morgan fingerprint density at radius 3 is 2.78 bits per heavy atom. The second-order valence-electron chi connectivity index (χ2n) is 2.08. The van der Waals surface area contributed by atoms with Crippen LogP contribution in [0, 0.1) is 0 Å². The molecule has 3 N–H and O–H groups in total. The van der Waals surface area contributed by atoms with E-state index in [1.54, 1.807) is 0 Å². The molecule has 52 valence electrons. The Bertz CT molecular complexity index is 125. The number of ether oxygens (including phenoxy) is 1. The zero-order valence-electron chi connectivity index (χ0n) is 4.91. The Morgan fingerprint density at radius 2 is 2.56 bits per heavy atom. The number of hydrogen-bond donors (Lipinski definition) is 2. The summed E-state index contributed by atoms with van der Waals surface area (Å²) in [6.45, 7) is -0.174. The fourth-order valence-corrected chi connectivity index (χ4v) is 0.801. The van der Waals surface area contributed by atoms with Crippen molar-refractivity contribution in [3.8, 4) is 0 Å². The molecule has 1 rings (SSSR count). The minimum Gasteiger partial charge on any atom is -0.458 e. The highest BCUT2D eigenvalue weighted by atomic mass is 16.6. The van der Waals surface area contributed by atoms with Gasteiger partial charge in [0.1, 0.15) is 6.10 Å². The van der Waals surface area contributed by atoms with E-state index in [-0.39, 0.29) is 25.0 Å². The normalized spacial score (nSPS) is 34.7. The summed E-state index contributed by atoms with van der Waals surface area (Å²) in [5, 5.41) is 8.50. The molecular formula is C5H9NO3. The van der Waals surface area contributed by atoms with E-state index in [1.165, 1.54) is 0 Å². The lowest BCUT2D eigenvalue weighted by Gasteiger charge is -2.08. The zero-order chi connectivity index (χ0) is 6.85. The molecular weight excluding hydrogens is 122 g/mol.